The lowest BCUT2D eigenvalue weighted by molar-refractivity contribution is -0.0456. The topological polar surface area (TPSA) is 165 Å². The minimum absolute atomic E-state index is 0.0401. The summed E-state index contributed by atoms with van der Waals surface area (Å²) in [7, 11) is -5.49. The fourth-order valence-corrected chi connectivity index (χ4v) is 4.83. The monoisotopic (exact) mass is 335 g/mol. The zero-order chi connectivity index (χ0) is 15.5. The predicted molar refractivity (Wildman–Crippen MR) is 69.5 cm³/mol. The summed E-state index contributed by atoms with van der Waals surface area (Å²) in [4.78, 5) is 0. The normalized spacial score (nSPS) is 34.7. The van der Waals surface area contributed by atoms with Gasteiger partial charge in [0.25, 0.3) is 0 Å². The van der Waals surface area contributed by atoms with Crippen molar-refractivity contribution in [1.82, 2.24) is 0 Å². The fraction of sp³-hybridized carbons (Fsp3) is 1.00. The average molecular weight is 335 g/mol. The summed E-state index contributed by atoms with van der Waals surface area (Å²) in [6.45, 7) is -0.827. The van der Waals surface area contributed by atoms with Gasteiger partial charge in [0.1, 0.15) is 47.8 Å². The highest BCUT2D eigenvalue weighted by atomic mass is 32.3. The largest absolute Gasteiger partial charge is 0.397 e. The standard InChI is InChI=1S/C9H18O9S2/c10-1-8(18-20(15,16)17)5(11)2-19-3-6(12)9(14)7(13)4-19/h5-14H,1-4H2/p+1/t5-,6-,7?,8+,9?,19?/m0/s1. The molecule has 0 aromatic heterocycles. The van der Waals surface area contributed by atoms with Crippen molar-refractivity contribution in [3.05, 3.63) is 0 Å². The van der Waals surface area contributed by atoms with Crippen molar-refractivity contribution >= 4 is 21.3 Å². The molecule has 0 aliphatic carbocycles. The number of aliphatic hydroxyl groups is 5. The van der Waals surface area contributed by atoms with E-state index in [1.54, 1.807) is 0 Å². The SMILES string of the molecule is O=S(=O)(O)O[C@H](CO)[C@@H](O)C[S+]1CC(O)C(O)[C@@H](O)C1. The molecule has 6 atom stereocenters. The van der Waals surface area contributed by atoms with E-state index in [9.17, 15) is 28.8 Å². The zero-order valence-corrected chi connectivity index (χ0v) is 12.1. The molecule has 1 fully saturated rings. The van der Waals surface area contributed by atoms with Gasteiger partial charge >= 0.3 is 10.4 Å². The molecule has 1 rings (SSSR count). The van der Waals surface area contributed by atoms with Crippen LogP contribution in [0.5, 0.6) is 0 Å². The van der Waals surface area contributed by atoms with Crippen LogP contribution in [0.3, 0.4) is 0 Å². The first-order valence-corrected chi connectivity index (χ1v) is 8.86. The van der Waals surface area contributed by atoms with Crippen LogP contribution in [0.15, 0.2) is 0 Å². The molecule has 9 nitrogen and oxygen atoms in total. The van der Waals surface area contributed by atoms with E-state index in [2.05, 4.69) is 4.18 Å². The van der Waals surface area contributed by atoms with Gasteiger partial charge in [0.05, 0.1) is 6.61 Å². The van der Waals surface area contributed by atoms with Crippen molar-refractivity contribution in [2.75, 3.05) is 23.9 Å². The van der Waals surface area contributed by atoms with Crippen molar-refractivity contribution in [3.63, 3.8) is 0 Å². The first kappa shape index (κ1) is 18.1. The van der Waals surface area contributed by atoms with Gasteiger partial charge in [-0.15, -0.1) is 0 Å². The van der Waals surface area contributed by atoms with E-state index in [0.717, 1.165) is 0 Å². The van der Waals surface area contributed by atoms with Crippen molar-refractivity contribution in [3.8, 4) is 0 Å². The lowest BCUT2D eigenvalue weighted by Crippen LogP contribution is -2.53. The Bertz CT molecular complexity index is 388. The first-order valence-electron chi connectivity index (χ1n) is 5.77. The number of aliphatic hydroxyl groups excluding tert-OH is 5. The van der Waals surface area contributed by atoms with E-state index in [4.69, 9.17) is 9.66 Å². The minimum atomic E-state index is -4.81. The predicted octanol–water partition coefficient (Wildman–Crippen LogP) is -3.76. The summed E-state index contributed by atoms with van der Waals surface area (Å²) in [5, 5.41) is 47.1. The second-order valence-electron chi connectivity index (χ2n) is 4.55. The maximum atomic E-state index is 10.5. The first-order chi connectivity index (χ1) is 9.14. The number of hydrogen-bond acceptors (Lipinski definition) is 8. The van der Waals surface area contributed by atoms with Gasteiger partial charge in [-0.2, -0.15) is 8.42 Å². The molecule has 0 aromatic carbocycles. The van der Waals surface area contributed by atoms with Gasteiger partial charge in [0, 0.05) is 0 Å². The van der Waals surface area contributed by atoms with Crippen LogP contribution < -0.4 is 0 Å². The van der Waals surface area contributed by atoms with Crippen LogP contribution in [-0.4, -0.2) is 92.9 Å². The Balaban J connectivity index is 2.58. The fourth-order valence-electron chi connectivity index (χ4n) is 1.86. The van der Waals surface area contributed by atoms with Crippen LogP contribution in [-0.2, 0) is 25.5 Å². The summed E-state index contributed by atoms with van der Waals surface area (Å²) < 4.78 is 33.7. The maximum Gasteiger partial charge on any atom is 0.397 e. The molecule has 0 amide bonds. The molecule has 0 spiro atoms. The molecular formula is C9H19O9S2+. The van der Waals surface area contributed by atoms with E-state index < -0.39 is 58.4 Å². The van der Waals surface area contributed by atoms with Crippen molar-refractivity contribution in [2.45, 2.75) is 30.5 Å². The smallest absolute Gasteiger partial charge is 0.394 e. The van der Waals surface area contributed by atoms with Gasteiger partial charge in [-0.3, -0.25) is 4.55 Å². The third kappa shape index (κ3) is 5.42. The Morgan fingerprint density at radius 2 is 1.70 bits per heavy atom. The highest BCUT2D eigenvalue weighted by molar-refractivity contribution is 7.97. The summed E-state index contributed by atoms with van der Waals surface area (Å²) in [6, 6.07) is 0. The van der Waals surface area contributed by atoms with Crippen LogP contribution in [0.1, 0.15) is 0 Å². The van der Waals surface area contributed by atoms with E-state index in [0.29, 0.717) is 0 Å². The molecule has 1 aliphatic rings. The summed E-state index contributed by atoms with van der Waals surface area (Å²) in [5.74, 6) is 0.236. The Labute approximate surface area is 119 Å². The lowest BCUT2D eigenvalue weighted by atomic mass is 10.1. The molecule has 20 heavy (non-hydrogen) atoms. The molecule has 1 heterocycles. The lowest BCUT2D eigenvalue weighted by Gasteiger charge is -2.29. The quantitative estimate of drug-likeness (QED) is 0.211. The molecule has 1 aliphatic heterocycles. The molecule has 0 aromatic rings. The van der Waals surface area contributed by atoms with Gasteiger partial charge in [-0.25, -0.2) is 4.18 Å². The Kier molecular flexibility index (Phi) is 6.63. The van der Waals surface area contributed by atoms with E-state index in [1.807, 2.05) is 0 Å². The maximum absolute atomic E-state index is 10.5. The van der Waals surface area contributed by atoms with E-state index >= 15 is 0 Å². The van der Waals surface area contributed by atoms with E-state index in [1.165, 1.54) is 0 Å². The molecule has 6 N–H and O–H groups in total. The number of rotatable bonds is 6. The third-order valence-electron chi connectivity index (χ3n) is 2.86. The van der Waals surface area contributed by atoms with Crippen LogP contribution in [0, 0.1) is 0 Å². The van der Waals surface area contributed by atoms with Crippen LogP contribution in [0.4, 0.5) is 0 Å². The van der Waals surface area contributed by atoms with Crippen LogP contribution >= 0.6 is 0 Å². The highest BCUT2D eigenvalue weighted by Crippen LogP contribution is 2.18. The Hall–Kier alpha value is 0.0200. The summed E-state index contributed by atoms with van der Waals surface area (Å²) in [6.07, 6.45) is -6.45. The van der Waals surface area contributed by atoms with Crippen LogP contribution in [0.2, 0.25) is 0 Å². The molecule has 0 radical (unpaired) electrons. The zero-order valence-electron chi connectivity index (χ0n) is 10.4. The summed E-state index contributed by atoms with van der Waals surface area (Å²) in [5.41, 5.74) is 0. The van der Waals surface area contributed by atoms with E-state index in [-0.39, 0.29) is 17.3 Å². The third-order valence-corrected chi connectivity index (χ3v) is 5.79. The molecule has 1 saturated heterocycles. The highest BCUT2D eigenvalue weighted by Gasteiger charge is 2.43. The molecule has 120 valence electrons. The molecule has 0 saturated carbocycles. The molecule has 3 unspecified atom stereocenters. The second kappa shape index (κ2) is 7.33. The van der Waals surface area contributed by atoms with Crippen molar-refractivity contribution in [1.29, 1.82) is 0 Å². The van der Waals surface area contributed by atoms with Gasteiger partial charge in [0.15, 0.2) is 0 Å². The van der Waals surface area contributed by atoms with Crippen molar-refractivity contribution in [2.24, 2.45) is 0 Å². The van der Waals surface area contributed by atoms with Crippen LogP contribution in [0.25, 0.3) is 0 Å². The average Bonchev–Trinajstić information content (AvgIpc) is 2.31. The Morgan fingerprint density at radius 3 is 2.10 bits per heavy atom. The van der Waals surface area contributed by atoms with Gasteiger partial charge in [-0.05, 0) is 10.9 Å². The second-order valence-corrected chi connectivity index (χ2v) is 7.82. The van der Waals surface area contributed by atoms with Gasteiger partial charge in [0.2, 0.25) is 0 Å². The Morgan fingerprint density at radius 1 is 1.20 bits per heavy atom. The summed E-state index contributed by atoms with van der Waals surface area (Å²) >= 11 is 0. The van der Waals surface area contributed by atoms with Gasteiger partial charge < -0.3 is 25.5 Å². The minimum Gasteiger partial charge on any atom is -0.394 e. The molecular weight excluding hydrogens is 316 g/mol. The molecule has 11 heteroatoms. The number of hydrogen-bond donors (Lipinski definition) is 6. The van der Waals surface area contributed by atoms with Crippen molar-refractivity contribution < 1.29 is 42.7 Å². The van der Waals surface area contributed by atoms with Gasteiger partial charge in [-0.1, -0.05) is 0 Å². The molecule has 0 bridgehead atoms.